The van der Waals surface area contributed by atoms with Gasteiger partial charge in [0.2, 0.25) is 0 Å². The van der Waals surface area contributed by atoms with Gasteiger partial charge in [-0.25, -0.2) is 0 Å². The molecule has 0 bridgehead atoms. The predicted octanol–water partition coefficient (Wildman–Crippen LogP) is 2.15. The van der Waals surface area contributed by atoms with Crippen LogP contribution in [0.1, 0.15) is 26.7 Å². The van der Waals surface area contributed by atoms with Gasteiger partial charge in [-0.15, -0.1) is 6.58 Å². The molecule has 0 fully saturated rings. The highest BCUT2D eigenvalue weighted by atomic mass is 16.5. The summed E-state index contributed by atoms with van der Waals surface area (Å²) in [7, 11) is 0. The maximum Gasteiger partial charge on any atom is 0.309 e. The monoisotopic (exact) mass is 156 g/mol. The van der Waals surface area contributed by atoms with Crippen molar-refractivity contribution in [2.75, 3.05) is 6.61 Å². The first-order valence-corrected chi connectivity index (χ1v) is 4.03. The summed E-state index contributed by atoms with van der Waals surface area (Å²) in [6.45, 7) is 7.84. The molecule has 0 radical (unpaired) electrons. The molecule has 0 aliphatic carbocycles. The molecule has 11 heavy (non-hydrogen) atoms. The SMILES string of the molecule is C=CCC(CC)C(=O)OCC. The van der Waals surface area contributed by atoms with Gasteiger partial charge in [0, 0.05) is 0 Å². The van der Waals surface area contributed by atoms with E-state index in [0.29, 0.717) is 6.61 Å². The van der Waals surface area contributed by atoms with Crippen LogP contribution in [0.25, 0.3) is 0 Å². The smallest absolute Gasteiger partial charge is 0.309 e. The molecule has 0 aromatic heterocycles. The average molecular weight is 156 g/mol. The van der Waals surface area contributed by atoms with Gasteiger partial charge >= 0.3 is 5.97 Å². The Hall–Kier alpha value is -0.790. The predicted molar refractivity (Wildman–Crippen MR) is 45.2 cm³/mol. The minimum Gasteiger partial charge on any atom is -0.466 e. The summed E-state index contributed by atoms with van der Waals surface area (Å²) in [5.41, 5.74) is 0. The van der Waals surface area contributed by atoms with Crippen molar-refractivity contribution in [2.24, 2.45) is 5.92 Å². The number of carbonyl (C=O) groups excluding carboxylic acids is 1. The van der Waals surface area contributed by atoms with E-state index in [4.69, 9.17) is 4.74 Å². The number of carbonyl (C=O) groups is 1. The number of hydrogen-bond donors (Lipinski definition) is 0. The van der Waals surface area contributed by atoms with Gasteiger partial charge in [0.1, 0.15) is 0 Å². The van der Waals surface area contributed by atoms with Crippen molar-refractivity contribution >= 4 is 5.97 Å². The van der Waals surface area contributed by atoms with Crippen molar-refractivity contribution in [3.8, 4) is 0 Å². The standard InChI is InChI=1S/C9H16O2/c1-4-7-8(5-2)9(10)11-6-3/h4,8H,1,5-7H2,2-3H3. The van der Waals surface area contributed by atoms with Crippen molar-refractivity contribution in [3.05, 3.63) is 12.7 Å². The maximum absolute atomic E-state index is 11.1. The molecule has 2 heteroatoms. The summed E-state index contributed by atoms with van der Waals surface area (Å²) in [5.74, 6) is -0.0950. The average Bonchev–Trinajstić information content (AvgIpc) is 2.00. The molecule has 2 nitrogen and oxygen atoms in total. The normalized spacial score (nSPS) is 12.2. The van der Waals surface area contributed by atoms with Crippen LogP contribution < -0.4 is 0 Å². The molecular formula is C9H16O2. The molecule has 0 spiro atoms. The van der Waals surface area contributed by atoms with Gasteiger partial charge in [0.15, 0.2) is 0 Å². The number of hydrogen-bond acceptors (Lipinski definition) is 2. The topological polar surface area (TPSA) is 26.3 Å². The number of rotatable bonds is 5. The Balaban J connectivity index is 3.80. The summed E-state index contributed by atoms with van der Waals surface area (Å²) in [4.78, 5) is 11.1. The van der Waals surface area contributed by atoms with Crippen LogP contribution >= 0.6 is 0 Å². The Morgan fingerprint density at radius 3 is 2.64 bits per heavy atom. The summed E-state index contributed by atoms with van der Waals surface area (Å²) in [6.07, 6.45) is 3.30. The van der Waals surface area contributed by atoms with E-state index in [1.165, 1.54) is 0 Å². The molecule has 0 aliphatic rings. The van der Waals surface area contributed by atoms with E-state index < -0.39 is 0 Å². The fraction of sp³-hybridized carbons (Fsp3) is 0.667. The highest BCUT2D eigenvalue weighted by Gasteiger charge is 2.14. The van der Waals surface area contributed by atoms with Crippen molar-refractivity contribution in [3.63, 3.8) is 0 Å². The van der Waals surface area contributed by atoms with Crippen LogP contribution in [0, 0.1) is 5.92 Å². The zero-order valence-corrected chi connectivity index (χ0v) is 7.30. The Morgan fingerprint density at radius 1 is 1.64 bits per heavy atom. The van der Waals surface area contributed by atoms with Gasteiger partial charge in [-0.05, 0) is 19.8 Å². The lowest BCUT2D eigenvalue weighted by Gasteiger charge is -2.10. The summed E-state index contributed by atoms with van der Waals surface area (Å²) >= 11 is 0. The first-order valence-electron chi connectivity index (χ1n) is 4.03. The van der Waals surface area contributed by atoms with E-state index >= 15 is 0 Å². The van der Waals surface area contributed by atoms with Gasteiger partial charge < -0.3 is 4.74 Å². The molecule has 64 valence electrons. The molecule has 0 aliphatic heterocycles. The van der Waals surface area contributed by atoms with E-state index in [9.17, 15) is 4.79 Å². The zero-order chi connectivity index (χ0) is 8.69. The third kappa shape index (κ3) is 3.81. The second-order valence-electron chi connectivity index (χ2n) is 2.38. The van der Waals surface area contributed by atoms with Gasteiger partial charge in [0.25, 0.3) is 0 Å². The third-order valence-corrected chi connectivity index (χ3v) is 1.56. The molecule has 1 unspecified atom stereocenters. The Labute approximate surface area is 68.2 Å². The first kappa shape index (κ1) is 10.2. The molecule has 0 amide bonds. The fourth-order valence-corrected chi connectivity index (χ4v) is 0.891. The highest BCUT2D eigenvalue weighted by molar-refractivity contribution is 5.72. The Bertz CT molecular complexity index is 130. The van der Waals surface area contributed by atoms with Crippen LogP contribution in [0.3, 0.4) is 0 Å². The van der Waals surface area contributed by atoms with Crippen LogP contribution in [-0.4, -0.2) is 12.6 Å². The van der Waals surface area contributed by atoms with Crippen LogP contribution in [-0.2, 0) is 9.53 Å². The summed E-state index contributed by atoms with van der Waals surface area (Å²) < 4.78 is 4.86. The second-order valence-corrected chi connectivity index (χ2v) is 2.38. The van der Waals surface area contributed by atoms with E-state index in [1.54, 1.807) is 6.08 Å². The third-order valence-electron chi connectivity index (χ3n) is 1.56. The summed E-state index contributed by atoms with van der Waals surface area (Å²) in [6, 6.07) is 0. The van der Waals surface area contributed by atoms with Crippen LogP contribution in [0.15, 0.2) is 12.7 Å². The lowest BCUT2D eigenvalue weighted by molar-refractivity contribution is -0.148. The molecule has 0 saturated heterocycles. The highest BCUT2D eigenvalue weighted by Crippen LogP contribution is 2.10. The van der Waals surface area contributed by atoms with Gasteiger partial charge in [-0.1, -0.05) is 13.0 Å². The molecule has 0 N–H and O–H groups in total. The van der Waals surface area contributed by atoms with Crippen molar-refractivity contribution in [2.45, 2.75) is 26.7 Å². The summed E-state index contributed by atoms with van der Waals surface area (Å²) in [5, 5.41) is 0. The molecule has 0 aromatic rings. The van der Waals surface area contributed by atoms with E-state index in [-0.39, 0.29) is 11.9 Å². The molecule has 1 atom stereocenters. The lowest BCUT2D eigenvalue weighted by Crippen LogP contribution is -2.16. The van der Waals surface area contributed by atoms with Crippen molar-refractivity contribution in [1.82, 2.24) is 0 Å². The number of allylic oxidation sites excluding steroid dienone is 1. The van der Waals surface area contributed by atoms with E-state index in [2.05, 4.69) is 6.58 Å². The zero-order valence-electron chi connectivity index (χ0n) is 7.30. The van der Waals surface area contributed by atoms with Gasteiger partial charge in [0.05, 0.1) is 12.5 Å². The second kappa shape index (κ2) is 5.96. The molecular weight excluding hydrogens is 140 g/mol. The maximum atomic E-state index is 11.1. The van der Waals surface area contributed by atoms with E-state index in [1.807, 2.05) is 13.8 Å². The Kier molecular flexibility index (Phi) is 5.53. The fourth-order valence-electron chi connectivity index (χ4n) is 0.891. The first-order chi connectivity index (χ1) is 5.26. The number of esters is 1. The van der Waals surface area contributed by atoms with Gasteiger partial charge in [-0.3, -0.25) is 4.79 Å². The van der Waals surface area contributed by atoms with Crippen LogP contribution in [0.2, 0.25) is 0 Å². The van der Waals surface area contributed by atoms with Crippen LogP contribution in [0.4, 0.5) is 0 Å². The molecule has 0 saturated carbocycles. The Morgan fingerprint density at radius 2 is 2.27 bits per heavy atom. The largest absolute Gasteiger partial charge is 0.466 e. The minimum absolute atomic E-state index is 0.00690. The van der Waals surface area contributed by atoms with E-state index in [0.717, 1.165) is 12.8 Å². The van der Waals surface area contributed by atoms with Crippen molar-refractivity contribution in [1.29, 1.82) is 0 Å². The number of ether oxygens (including phenoxy) is 1. The minimum atomic E-state index is -0.102. The molecule has 0 aromatic carbocycles. The molecule has 0 heterocycles. The van der Waals surface area contributed by atoms with Crippen molar-refractivity contribution < 1.29 is 9.53 Å². The lowest BCUT2D eigenvalue weighted by atomic mass is 10.0. The quantitative estimate of drug-likeness (QED) is 0.450. The molecule has 0 rings (SSSR count). The van der Waals surface area contributed by atoms with Crippen LogP contribution in [0.5, 0.6) is 0 Å². The van der Waals surface area contributed by atoms with Gasteiger partial charge in [-0.2, -0.15) is 0 Å².